The van der Waals surface area contributed by atoms with Crippen molar-refractivity contribution in [3.63, 3.8) is 0 Å². The summed E-state index contributed by atoms with van der Waals surface area (Å²) in [6.45, 7) is 2.54. The van der Waals surface area contributed by atoms with E-state index in [0.29, 0.717) is 23.9 Å². The number of nitrogens with two attached hydrogens (primary N) is 1. The maximum absolute atomic E-state index is 13.9. The molecule has 0 saturated carbocycles. The number of hydrogen-bond donors (Lipinski definition) is 2. The second kappa shape index (κ2) is 4.47. The second-order valence-electron chi connectivity index (χ2n) is 5.08. The van der Waals surface area contributed by atoms with Gasteiger partial charge in [0.1, 0.15) is 6.61 Å². The topological polar surface area (TPSA) is 73.3 Å². The number of fused-ring (bicyclic) bond motifs is 3. The Kier molecular flexibility index (Phi) is 2.91. The molecular formula is C13H16FN3O2. The van der Waals surface area contributed by atoms with E-state index in [1.54, 1.807) is 10.9 Å². The van der Waals surface area contributed by atoms with Crippen molar-refractivity contribution in [2.45, 2.75) is 32.0 Å². The summed E-state index contributed by atoms with van der Waals surface area (Å²) in [5.41, 5.74) is 7.26. The number of aliphatic hydroxyl groups excluding tert-OH is 1. The highest BCUT2D eigenvalue weighted by molar-refractivity contribution is 5.85. The molecule has 1 aliphatic rings. The van der Waals surface area contributed by atoms with E-state index >= 15 is 0 Å². The van der Waals surface area contributed by atoms with Gasteiger partial charge in [-0.15, -0.1) is 0 Å². The van der Waals surface area contributed by atoms with E-state index in [4.69, 9.17) is 10.5 Å². The van der Waals surface area contributed by atoms with Gasteiger partial charge in [-0.2, -0.15) is 5.10 Å². The Hall–Kier alpha value is -1.66. The molecule has 3 N–H and O–H groups in total. The molecule has 0 amide bonds. The maximum Gasteiger partial charge on any atom is 0.166 e. The minimum Gasteiger partial charge on any atom is -0.487 e. The van der Waals surface area contributed by atoms with Crippen LogP contribution in [0.1, 0.15) is 12.5 Å². The van der Waals surface area contributed by atoms with Crippen LogP contribution in [0.5, 0.6) is 5.75 Å². The zero-order valence-corrected chi connectivity index (χ0v) is 10.6. The minimum atomic E-state index is -0.615. The van der Waals surface area contributed by atoms with Gasteiger partial charge >= 0.3 is 0 Å². The first-order chi connectivity index (χ1) is 9.06. The van der Waals surface area contributed by atoms with E-state index in [1.807, 2.05) is 6.92 Å². The van der Waals surface area contributed by atoms with Crippen molar-refractivity contribution in [3.05, 3.63) is 23.6 Å². The highest BCUT2D eigenvalue weighted by Crippen LogP contribution is 2.34. The van der Waals surface area contributed by atoms with Gasteiger partial charge in [-0.3, -0.25) is 4.68 Å². The maximum atomic E-state index is 13.9. The molecule has 102 valence electrons. The number of aromatic nitrogens is 2. The summed E-state index contributed by atoms with van der Waals surface area (Å²) in [5.74, 6) is -0.182. The summed E-state index contributed by atoms with van der Waals surface area (Å²) in [5, 5.41) is 14.7. The lowest BCUT2D eigenvalue weighted by Gasteiger charge is -2.23. The molecule has 0 radical (unpaired) electrons. The van der Waals surface area contributed by atoms with E-state index in [1.165, 1.54) is 6.07 Å². The normalized spacial score (nSPS) is 20.1. The summed E-state index contributed by atoms with van der Waals surface area (Å²) in [6.07, 6.45) is 1.37. The number of halogens is 1. The summed E-state index contributed by atoms with van der Waals surface area (Å²) in [6, 6.07) is 1.36. The molecule has 3 rings (SSSR count). The monoisotopic (exact) mass is 265 g/mol. The molecule has 0 bridgehead atoms. The Morgan fingerprint density at radius 2 is 2.47 bits per heavy atom. The molecule has 2 heterocycles. The van der Waals surface area contributed by atoms with Crippen LogP contribution in [-0.2, 0) is 13.0 Å². The van der Waals surface area contributed by atoms with Crippen LogP contribution in [0, 0.1) is 5.82 Å². The van der Waals surface area contributed by atoms with Crippen LogP contribution in [0.2, 0.25) is 0 Å². The van der Waals surface area contributed by atoms with Crippen LogP contribution in [0.15, 0.2) is 12.3 Å². The summed E-state index contributed by atoms with van der Waals surface area (Å²) in [4.78, 5) is 0. The van der Waals surface area contributed by atoms with E-state index in [9.17, 15) is 9.50 Å². The third-order valence-electron chi connectivity index (χ3n) is 3.25. The van der Waals surface area contributed by atoms with E-state index in [2.05, 4.69) is 5.10 Å². The fraction of sp³-hybridized carbons (Fsp3) is 0.462. The van der Waals surface area contributed by atoms with E-state index in [-0.39, 0.29) is 18.4 Å². The van der Waals surface area contributed by atoms with E-state index in [0.717, 1.165) is 5.52 Å². The number of aliphatic hydroxyl groups is 1. The van der Waals surface area contributed by atoms with Crippen LogP contribution in [-0.4, -0.2) is 33.6 Å². The van der Waals surface area contributed by atoms with Gasteiger partial charge in [-0.05, 0) is 13.0 Å². The van der Waals surface area contributed by atoms with Crippen molar-refractivity contribution < 1.29 is 14.2 Å². The molecule has 2 aromatic rings. The Morgan fingerprint density at radius 3 is 3.21 bits per heavy atom. The molecular weight excluding hydrogens is 249 g/mol. The average Bonchev–Trinajstić information content (AvgIpc) is 2.71. The minimum absolute atomic E-state index is 0.0572. The molecule has 6 heteroatoms. The fourth-order valence-corrected chi connectivity index (χ4v) is 2.52. The quantitative estimate of drug-likeness (QED) is 0.843. The van der Waals surface area contributed by atoms with Crippen LogP contribution in [0.3, 0.4) is 0 Å². The number of hydrogen-bond acceptors (Lipinski definition) is 4. The zero-order valence-electron chi connectivity index (χ0n) is 10.6. The molecule has 1 unspecified atom stereocenters. The Morgan fingerprint density at radius 1 is 1.68 bits per heavy atom. The zero-order chi connectivity index (χ0) is 13.6. The van der Waals surface area contributed by atoms with Crippen molar-refractivity contribution in [1.29, 1.82) is 0 Å². The summed E-state index contributed by atoms with van der Waals surface area (Å²) < 4.78 is 21.0. The standard InChI is InChI=1S/C13H16FN3O2/c1-7(15)5-17-12-8(4-16-17)2-11(14)13-10(12)3-9(18)6-19-13/h2,4,7,9,18H,3,5-6,15H2,1H3/t7-,9?/m0/s1. The second-order valence-corrected chi connectivity index (χ2v) is 5.08. The largest absolute Gasteiger partial charge is 0.487 e. The van der Waals surface area contributed by atoms with Gasteiger partial charge in [0.2, 0.25) is 0 Å². The number of rotatable bonds is 2. The molecule has 0 saturated heterocycles. The van der Waals surface area contributed by atoms with Crippen molar-refractivity contribution in [2.24, 2.45) is 5.73 Å². The summed E-state index contributed by atoms with van der Waals surface area (Å²) >= 11 is 0. The lowest BCUT2D eigenvalue weighted by Crippen LogP contribution is -2.27. The molecule has 0 aliphatic carbocycles. The van der Waals surface area contributed by atoms with Gasteiger partial charge in [0.15, 0.2) is 11.6 Å². The van der Waals surface area contributed by atoms with Gasteiger partial charge < -0.3 is 15.6 Å². The fourth-order valence-electron chi connectivity index (χ4n) is 2.52. The van der Waals surface area contributed by atoms with Gasteiger partial charge in [-0.1, -0.05) is 0 Å². The molecule has 1 aliphatic heterocycles. The Bertz CT molecular complexity index is 624. The third kappa shape index (κ3) is 2.06. The molecule has 19 heavy (non-hydrogen) atoms. The van der Waals surface area contributed by atoms with Crippen LogP contribution >= 0.6 is 0 Å². The molecule has 0 fully saturated rings. The van der Waals surface area contributed by atoms with Crippen molar-refractivity contribution in [1.82, 2.24) is 9.78 Å². The van der Waals surface area contributed by atoms with E-state index < -0.39 is 11.9 Å². The van der Waals surface area contributed by atoms with Crippen LogP contribution < -0.4 is 10.5 Å². The number of nitrogens with zero attached hydrogens (tertiary/aromatic N) is 2. The van der Waals surface area contributed by atoms with Gasteiger partial charge in [0.25, 0.3) is 0 Å². The predicted molar refractivity (Wildman–Crippen MR) is 68.5 cm³/mol. The first-order valence-corrected chi connectivity index (χ1v) is 6.29. The molecule has 0 spiro atoms. The van der Waals surface area contributed by atoms with Gasteiger partial charge in [0, 0.05) is 23.4 Å². The molecule has 2 atom stereocenters. The third-order valence-corrected chi connectivity index (χ3v) is 3.25. The highest BCUT2D eigenvalue weighted by atomic mass is 19.1. The highest BCUT2D eigenvalue weighted by Gasteiger charge is 2.25. The Balaban J connectivity index is 2.21. The smallest absolute Gasteiger partial charge is 0.166 e. The first kappa shape index (κ1) is 12.4. The number of benzene rings is 1. The lowest BCUT2D eigenvalue weighted by atomic mass is 10.0. The van der Waals surface area contributed by atoms with Gasteiger partial charge in [-0.25, -0.2) is 4.39 Å². The van der Waals surface area contributed by atoms with Crippen LogP contribution in [0.4, 0.5) is 4.39 Å². The lowest BCUT2D eigenvalue weighted by molar-refractivity contribution is 0.0896. The average molecular weight is 265 g/mol. The predicted octanol–water partition coefficient (Wildman–Crippen LogP) is 0.818. The van der Waals surface area contributed by atoms with Crippen molar-refractivity contribution in [3.8, 4) is 5.75 Å². The number of ether oxygens (including phenoxy) is 1. The first-order valence-electron chi connectivity index (χ1n) is 6.29. The van der Waals surface area contributed by atoms with Crippen molar-refractivity contribution in [2.75, 3.05) is 6.61 Å². The van der Waals surface area contributed by atoms with Crippen LogP contribution in [0.25, 0.3) is 10.9 Å². The van der Waals surface area contributed by atoms with Gasteiger partial charge in [0.05, 0.1) is 24.4 Å². The molecule has 1 aromatic heterocycles. The molecule has 1 aromatic carbocycles. The SMILES string of the molecule is C[C@H](N)Cn1ncc2cc(F)c3c(c21)CC(O)CO3. The molecule has 5 nitrogen and oxygen atoms in total. The Labute approximate surface area is 109 Å². The van der Waals surface area contributed by atoms with Crippen molar-refractivity contribution >= 4 is 10.9 Å². The summed E-state index contributed by atoms with van der Waals surface area (Å²) in [7, 11) is 0.